The van der Waals surface area contributed by atoms with Crippen LogP contribution in [0, 0.1) is 0 Å². The molecule has 0 bridgehead atoms. The zero-order valence-corrected chi connectivity index (χ0v) is 11.8. The van der Waals surface area contributed by atoms with Crippen molar-refractivity contribution in [1.82, 2.24) is 15.0 Å². The van der Waals surface area contributed by atoms with Gasteiger partial charge in [0.1, 0.15) is 12.1 Å². The Morgan fingerprint density at radius 1 is 1.14 bits per heavy atom. The molecule has 0 aliphatic rings. The third kappa shape index (κ3) is 2.76. The van der Waals surface area contributed by atoms with Crippen molar-refractivity contribution in [3.8, 4) is 11.6 Å². The van der Waals surface area contributed by atoms with E-state index in [1.54, 1.807) is 12.3 Å². The normalized spacial score (nSPS) is 10.7. The van der Waals surface area contributed by atoms with Gasteiger partial charge in [-0.15, -0.1) is 0 Å². The fourth-order valence-corrected chi connectivity index (χ4v) is 2.20. The van der Waals surface area contributed by atoms with Crippen molar-refractivity contribution in [3.05, 3.63) is 48.5 Å². The number of nitrogen functional groups attached to an aromatic ring is 1. The highest BCUT2D eigenvalue weighted by atomic mass is 16.5. The van der Waals surface area contributed by atoms with Crippen molar-refractivity contribution in [2.45, 2.75) is 19.8 Å². The van der Waals surface area contributed by atoms with Crippen molar-refractivity contribution in [2.75, 3.05) is 5.73 Å². The molecule has 0 amide bonds. The number of nitrogens with two attached hydrogens (primary N) is 1. The highest BCUT2D eigenvalue weighted by molar-refractivity contribution is 5.93. The molecule has 0 atom stereocenters. The number of aromatic nitrogens is 3. The van der Waals surface area contributed by atoms with Gasteiger partial charge in [0.15, 0.2) is 0 Å². The summed E-state index contributed by atoms with van der Waals surface area (Å²) in [5, 5.41) is 0.869. The van der Waals surface area contributed by atoms with Crippen LogP contribution in [0.5, 0.6) is 11.6 Å². The number of rotatable bonds is 4. The largest absolute Gasteiger partial charge is 0.438 e. The Labute approximate surface area is 122 Å². The van der Waals surface area contributed by atoms with Gasteiger partial charge in [-0.05, 0) is 30.7 Å². The number of benzene rings is 1. The first kappa shape index (κ1) is 13.3. The molecule has 0 saturated heterocycles. The van der Waals surface area contributed by atoms with E-state index in [0.29, 0.717) is 17.3 Å². The minimum Gasteiger partial charge on any atom is -0.438 e. The molecule has 2 aromatic heterocycles. The van der Waals surface area contributed by atoms with Crippen LogP contribution in [0.15, 0.2) is 42.9 Å². The Bertz CT molecular complexity index is 773. The highest BCUT2D eigenvalue weighted by Gasteiger charge is 2.08. The average molecular weight is 280 g/mol. The van der Waals surface area contributed by atoms with Gasteiger partial charge in [0, 0.05) is 23.3 Å². The summed E-state index contributed by atoms with van der Waals surface area (Å²) in [5.74, 6) is 1.22. The highest BCUT2D eigenvalue weighted by Crippen LogP contribution is 2.31. The fourth-order valence-electron chi connectivity index (χ4n) is 2.20. The molecule has 0 aliphatic carbocycles. The SMILES string of the molecule is CCCc1cc(Oc2ccc(N)c3ncccc23)ncn1. The van der Waals surface area contributed by atoms with Crippen LogP contribution in [0.1, 0.15) is 19.0 Å². The second-order valence-electron chi connectivity index (χ2n) is 4.75. The maximum atomic E-state index is 5.94. The summed E-state index contributed by atoms with van der Waals surface area (Å²) < 4.78 is 5.89. The molecule has 2 heterocycles. The predicted molar refractivity (Wildman–Crippen MR) is 82.3 cm³/mol. The fraction of sp³-hybridized carbons (Fsp3) is 0.188. The first-order chi connectivity index (χ1) is 10.3. The Balaban J connectivity index is 1.98. The molecule has 3 aromatic rings. The molecule has 0 unspecified atom stereocenters. The number of nitrogens with zero attached hydrogens (tertiary/aromatic N) is 3. The predicted octanol–water partition coefficient (Wildman–Crippen LogP) is 3.35. The summed E-state index contributed by atoms with van der Waals surface area (Å²) in [4.78, 5) is 12.7. The molecule has 0 spiro atoms. The van der Waals surface area contributed by atoms with Crippen molar-refractivity contribution in [2.24, 2.45) is 0 Å². The number of hydrogen-bond acceptors (Lipinski definition) is 5. The van der Waals surface area contributed by atoms with E-state index < -0.39 is 0 Å². The third-order valence-corrected chi connectivity index (χ3v) is 3.18. The van der Waals surface area contributed by atoms with Crippen molar-refractivity contribution >= 4 is 16.6 Å². The van der Waals surface area contributed by atoms with Gasteiger partial charge in [-0.2, -0.15) is 0 Å². The maximum Gasteiger partial charge on any atom is 0.222 e. The first-order valence-electron chi connectivity index (χ1n) is 6.90. The van der Waals surface area contributed by atoms with Gasteiger partial charge in [-0.1, -0.05) is 13.3 Å². The summed E-state index contributed by atoms with van der Waals surface area (Å²) in [6.45, 7) is 2.11. The molecular weight excluding hydrogens is 264 g/mol. The molecule has 0 aliphatic heterocycles. The molecule has 0 saturated carbocycles. The molecule has 5 heteroatoms. The van der Waals surface area contributed by atoms with Crippen LogP contribution in [0.3, 0.4) is 0 Å². The molecular formula is C16H16N4O. The Kier molecular flexibility index (Phi) is 3.64. The van der Waals surface area contributed by atoms with Crippen LogP contribution >= 0.6 is 0 Å². The van der Waals surface area contributed by atoms with E-state index in [4.69, 9.17) is 10.5 Å². The summed E-state index contributed by atoms with van der Waals surface area (Å²) in [6.07, 6.45) is 5.18. The standard InChI is InChI=1S/C16H16N4O/c1-2-4-11-9-15(20-10-19-11)21-14-7-6-13(17)16-12(14)5-3-8-18-16/h3,5-10H,2,4,17H2,1H3. The van der Waals surface area contributed by atoms with E-state index in [-0.39, 0.29) is 0 Å². The number of anilines is 1. The van der Waals surface area contributed by atoms with E-state index >= 15 is 0 Å². The van der Waals surface area contributed by atoms with Gasteiger partial charge in [0.05, 0.1) is 11.2 Å². The Morgan fingerprint density at radius 2 is 2.05 bits per heavy atom. The van der Waals surface area contributed by atoms with Gasteiger partial charge in [-0.25, -0.2) is 9.97 Å². The third-order valence-electron chi connectivity index (χ3n) is 3.18. The van der Waals surface area contributed by atoms with E-state index in [0.717, 1.165) is 29.4 Å². The lowest BCUT2D eigenvalue weighted by Gasteiger charge is -2.09. The van der Waals surface area contributed by atoms with Crippen LogP contribution in [0.25, 0.3) is 10.9 Å². The van der Waals surface area contributed by atoms with Crippen LogP contribution in [0.4, 0.5) is 5.69 Å². The molecule has 106 valence electrons. The van der Waals surface area contributed by atoms with E-state index in [1.807, 2.05) is 24.3 Å². The van der Waals surface area contributed by atoms with Gasteiger partial charge in [-0.3, -0.25) is 4.98 Å². The smallest absolute Gasteiger partial charge is 0.222 e. The average Bonchev–Trinajstić information content (AvgIpc) is 2.51. The number of pyridine rings is 1. The zero-order chi connectivity index (χ0) is 14.7. The van der Waals surface area contributed by atoms with E-state index in [9.17, 15) is 0 Å². The van der Waals surface area contributed by atoms with Crippen LogP contribution in [-0.4, -0.2) is 15.0 Å². The summed E-state index contributed by atoms with van der Waals surface area (Å²) >= 11 is 0. The van der Waals surface area contributed by atoms with Crippen LogP contribution < -0.4 is 10.5 Å². The monoisotopic (exact) mass is 280 g/mol. The molecule has 0 radical (unpaired) electrons. The lowest BCUT2D eigenvalue weighted by atomic mass is 10.2. The number of ether oxygens (including phenoxy) is 1. The quantitative estimate of drug-likeness (QED) is 0.742. The lowest BCUT2D eigenvalue weighted by Crippen LogP contribution is -1.96. The molecule has 3 rings (SSSR count). The Hall–Kier alpha value is -2.69. The maximum absolute atomic E-state index is 5.94. The molecule has 21 heavy (non-hydrogen) atoms. The molecule has 5 nitrogen and oxygen atoms in total. The molecule has 2 N–H and O–H groups in total. The first-order valence-corrected chi connectivity index (χ1v) is 6.90. The van der Waals surface area contributed by atoms with Crippen molar-refractivity contribution < 1.29 is 4.74 Å². The number of fused-ring (bicyclic) bond motifs is 1. The number of hydrogen-bond donors (Lipinski definition) is 1. The number of aryl methyl sites for hydroxylation is 1. The summed E-state index contributed by atoms with van der Waals surface area (Å²) in [5.41, 5.74) is 8.28. The van der Waals surface area contributed by atoms with Gasteiger partial charge >= 0.3 is 0 Å². The summed E-state index contributed by atoms with van der Waals surface area (Å²) in [7, 11) is 0. The van der Waals surface area contributed by atoms with Crippen LogP contribution in [0.2, 0.25) is 0 Å². The second-order valence-corrected chi connectivity index (χ2v) is 4.75. The van der Waals surface area contributed by atoms with Crippen molar-refractivity contribution in [3.63, 3.8) is 0 Å². The van der Waals surface area contributed by atoms with Crippen molar-refractivity contribution in [1.29, 1.82) is 0 Å². The summed E-state index contributed by atoms with van der Waals surface area (Å²) in [6, 6.07) is 9.28. The van der Waals surface area contributed by atoms with Gasteiger partial charge in [0.25, 0.3) is 0 Å². The minimum absolute atomic E-state index is 0.531. The zero-order valence-electron chi connectivity index (χ0n) is 11.8. The van der Waals surface area contributed by atoms with E-state index in [2.05, 4.69) is 21.9 Å². The Morgan fingerprint density at radius 3 is 2.90 bits per heavy atom. The van der Waals surface area contributed by atoms with Gasteiger partial charge in [0.2, 0.25) is 5.88 Å². The van der Waals surface area contributed by atoms with E-state index in [1.165, 1.54) is 6.33 Å². The van der Waals surface area contributed by atoms with Gasteiger partial charge < -0.3 is 10.5 Å². The molecule has 0 fully saturated rings. The minimum atomic E-state index is 0.531. The molecule has 1 aromatic carbocycles. The second kappa shape index (κ2) is 5.75. The topological polar surface area (TPSA) is 73.9 Å². The van der Waals surface area contributed by atoms with Crippen LogP contribution in [-0.2, 0) is 6.42 Å². The lowest BCUT2D eigenvalue weighted by molar-refractivity contribution is 0.465.